The highest BCUT2D eigenvalue weighted by Gasteiger charge is 2.42. The van der Waals surface area contributed by atoms with Crippen LogP contribution >= 0.6 is 0 Å². The van der Waals surface area contributed by atoms with Crippen molar-refractivity contribution in [3.63, 3.8) is 0 Å². The Morgan fingerprint density at radius 3 is 1.20 bits per heavy atom. The number of piperazine rings is 2. The molecule has 0 saturated carbocycles. The molecule has 25 aliphatic rings. The fourth-order valence-electron chi connectivity index (χ4n) is 22.2. The molecular weight excluding hydrogens is 1250 g/mol. The van der Waals surface area contributed by atoms with Crippen LogP contribution in [0, 0.1) is 41.4 Å². The number of rotatable bonds is 6. The SMILES string of the molecule is C1CC2CCCN2C1.C1CC2CNCCN2C1.C1CCN2CCCCC2C1.C1CCN2CCNCC2C1.C=CC1CN2CCC1C[C@@H]2CN.C=CC1CN2CCC1C[C@@H]2CO.CN1C2CCC1CC(O)C2.NC1CN2CCC1CC2.O=COC1CN2CCC1CC2.OC1CN2CCC1CC2. The van der Waals surface area contributed by atoms with E-state index in [4.69, 9.17) is 21.3 Å². The number of piperidine rings is 19. The molecule has 25 saturated heterocycles. The summed E-state index contributed by atoms with van der Waals surface area (Å²) in [6.45, 7) is 40.5. The third-order valence-corrected chi connectivity index (χ3v) is 28.8. The van der Waals surface area contributed by atoms with Crippen LogP contribution < -0.4 is 22.1 Å². The van der Waals surface area contributed by atoms with E-state index in [1.54, 1.807) is 0 Å². The first-order valence-electron chi connectivity index (χ1n) is 42.5. The van der Waals surface area contributed by atoms with Gasteiger partial charge in [-0.15, -0.1) is 13.2 Å². The average Bonchev–Trinajstić information content (AvgIpc) is 1.53. The number of nitrogens with zero attached hydrogens (tertiary/aromatic N) is 10. The van der Waals surface area contributed by atoms with Crippen molar-refractivity contribution in [3.05, 3.63) is 25.3 Å². The Kier molecular flexibility index (Phi) is 33.0. The van der Waals surface area contributed by atoms with Crippen molar-refractivity contribution >= 4 is 6.47 Å². The Balaban J connectivity index is 0.000000112. The van der Waals surface area contributed by atoms with E-state index in [1.165, 1.54) is 311 Å². The molecule has 9 N–H and O–H groups in total. The highest BCUT2D eigenvalue weighted by Crippen LogP contribution is 2.39. The Hall–Kier alpha value is -1.73. The van der Waals surface area contributed by atoms with Crippen molar-refractivity contribution in [3.8, 4) is 0 Å². The molecule has 25 rings (SSSR count). The molecule has 0 aromatic rings. The predicted octanol–water partition coefficient (Wildman–Crippen LogP) is 6.45. The maximum Gasteiger partial charge on any atom is 0.293 e. The molecular formula is C81H150N14O5. The summed E-state index contributed by atoms with van der Waals surface area (Å²) >= 11 is 0. The number of hydrogen-bond acceptors (Lipinski definition) is 19. The van der Waals surface area contributed by atoms with E-state index in [-0.39, 0.29) is 18.3 Å². The summed E-state index contributed by atoms with van der Waals surface area (Å²) in [4.78, 5) is 35.3. The molecule has 0 amide bonds. The zero-order chi connectivity index (χ0) is 69.6. The molecule has 0 aromatic heterocycles. The van der Waals surface area contributed by atoms with Crippen molar-refractivity contribution in [2.24, 2.45) is 52.9 Å². The fraction of sp³-hybridized carbons (Fsp3) is 0.938. The van der Waals surface area contributed by atoms with Crippen LogP contribution in [0.2, 0.25) is 0 Å². The molecule has 25 heterocycles. The molecule has 100 heavy (non-hydrogen) atoms. The molecule has 0 aliphatic carbocycles. The zero-order valence-electron chi connectivity index (χ0n) is 63.5. The van der Waals surface area contributed by atoms with Gasteiger partial charge in [0.15, 0.2) is 0 Å². The predicted molar refractivity (Wildman–Crippen MR) is 408 cm³/mol. The van der Waals surface area contributed by atoms with E-state index in [0.717, 1.165) is 93.4 Å². The van der Waals surface area contributed by atoms with Gasteiger partial charge in [0, 0.05) is 133 Å². The number of nitrogens with two attached hydrogens (primary N) is 2. The van der Waals surface area contributed by atoms with Crippen LogP contribution in [0.15, 0.2) is 25.3 Å². The number of nitrogens with one attached hydrogen (secondary N) is 2. The Labute approximate surface area is 609 Å². The van der Waals surface area contributed by atoms with E-state index in [1.807, 2.05) is 0 Å². The molecule has 0 aromatic carbocycles. The van der Waals surface area contributed by atoms with Crippen LogP contribution in [-0.4, -0.2) is 327 Å². The third-order valence-electron chi connectivity index (χ3n) is 28.8. The second kappa shape index (κ2) is 41.6. The van der Waals surface area contributed by atoms with Gasteiger partial charge in [0.05, 0.1) is 18.8 Å². The maximum absolute atomic E-state index is 10.1. The molecule has 19 nitrogen and oxygen atoms in total. The second-order valence-corrected chi connectivity index (χ2v) is 34.8. The van der Waals surface area contributed by atoms with E-state index < -0.39 is 0 Å². The standard InChI is InChI=1S/C10H18N2.C10H17NO.C9H17N.C8H16N2.C8H13NO2.C8H15NO.2C7H14N2.C7H13NO.C7H13N/c1-2-8-7-12-4-3-9(8)5-10(12)6-11;1-2-8-6-11-4-3-9(8)5-10(11)7-12;1-3-7-10-8-4-2-6-9(10)5-1;1-2-5-10-6-4-9-7-8(10)3-1;10-6-11-8-5-9-3-1-7(8)2-4-9;1-9-6-2-3-7(9)5-8(10)4-6;8-7-5-9-3-1-6(7)2-4-9;1-2-7-6-8-3-5-9(7)4-1;9-7-5-8-3-1-6(7)2-4-8;1-3-7-4-2-6-8(7)5-1/h2,8-10H,1,3-7,11H2;2,8-10,12H,1,3-7H2;9H,1-8H2;8-9H,1-7H2;6-8H,1-5H2;6-8,10H,2-5H2,1H3;6-7H,1-5,8H2;7-8H,1-6H2;6-7,9H,1-5H2;7H,1-6H2/t2*8?,9?,10-;;;;;;;;/m11......../s1. The van der Waals surface area contributed by atoms with Gasteiger partial charge in [0.2, 0.25) is 0 Å². The summed E-state index contributed by atoms with van der Waals surface area (Å²) in [5, 5.41) is 34.7. The van der Waals surface area contributed by atoms with Gasteiger partial charge in [-0.25, -0.2) is 0 Å². The van der Waals surface area contributed by atoms with Crippen LogP contribution in [0.5, 0.6) is 0 Å². The molecule has 19 heteroatoms. The first-order valence-corrected chi connectivity index (χ1v) is 42.5. The fourth-order valence-corrected chi connectivity index (χ4v) is 22.2. The van der Waals surface area contributed by atoms with Gasteiger partial charge in [-0.3, -0.25) is 29.3 Å². The van der Waals surface area contributed by atoms with Gasteiger partial charge in [0.25, 0.3) is 6.47 Å². The van der Waals surface area contributed by atoms with E-state index in [2.05, 4.69) is 92.0 Å². The van der Waals surface area contributed by atoms with E-state index in [9.17, 15) is 15.0 Å². The first kappa shape index (κ1) is 79.3. The van der Waals surface area contributed by atoms with Crippen molar-refractivity contribution in [1.29, 1.82) is 0 Å². The summed E-state index contributed by atoms with van der Waals surface area (Å²) in [6, 6.07) is 6.74. The van der Waals surface area contributed by atoms with Crippen molar-refractivity contribution < 1.29 is 24.9 Å². The molecule has 12 bridgehead atoms. The molecule has 13 unspecified atom stereocenters. The highest BCUT2D eigenvalue weighted by molar-refractivity contribution is 5.37. The number of carbonyl (C=O) groups is 1. The lowest BCUT2D eigenvalue weighted by Crippen LogP contribution is -2.55. The molecule has 574 valence electrons. The van der Waals surface area contributed by atoms with Crippen LogP contribution in [-0.2, 0) is 9.53 Å². The number of hydrogen-bond donors (Lipinski definition) is 7. The molecule has 15 atom stereocenters. The minimum absolute atomic E-state index is 0.00583. The van der Waals surface area contributed by atoms with Crippen LogP contribution in [0.3, 0.4) is 0 Å². The molecule has 25 fully saturated rings. The van der Waals surface area contributed by atoms with Gasteiger partial charge in [-0.05, 0) is 307 Å². The van der Waals surface area contributed by atoms with Crippen LogP contribution in [0.1, 0.15) is 186 Å². The van der Waals surface area contributed by atoms with Gasteiger partial charge >= 0.3 is 0 Å². The van der Waals surface area contributed by atoms with Crippen molar-refractivity contribution in [1.82, 2.24) is 59.6 Å². The van der Waals surface area contributed by atoms with Gasteiger partial charge in [0.1, 0.15) is 6.10 Å². The van der Waals surface area contributed by atoms with Crippen LogP contribution in [0.4, 0.5) is 0 Å². The second-order valence-electron chi connectivity index (χ2n) is 34.8. The minimum Gasteiger partial charge on any atom is -0.463 e. The molecule has 25 aliphatic heterocycles. The minimum atomic E-state index is -0.00694. The highest BCUT2D eigenvalue weighted by atomic mass is 16.5. The van der Waals surface area contributed by atoms with Crippen molar-refractivity contribution in [2.45, 2.75) is 259 Å². The lowest BCUT2D eigenvalue weighted by Gasteiger charge is -2.48. The normalized spacial score (nSPS) is 41.8. The van der Waals surface area contributed by atoms with Crippen molar-refractivity contribution in [2.75, 3.05) is 184 Å². The average molecular weight is 1400 g/mol. The largest absolute Gasteiger partial charge is 0.463 e. The number of aliphatic hydroxyl groups excluding tert-OH is 3. The Bertz CT molecular complexity index is 2120. The van der Waals surface area contributed by atoms with E-state index in [0.29, 0.717) is 61.0 Å². The van der Waals surface area contributed by atoms with Gasteiger partial charge in [-0.1, -0.05) is 31.4 Å². The monoisotopic (exact) mass is 1400 g/mol. The third kappa shape index (κ3) is 22.9. The number of fused-ring (bicyclic) bond motifs is 21. The summed E-state index contributed by atoms with van der Waals surface area (Å²) in [7, 11) is 2.19. The summed E-state index contributed by atoms with van der Waals surface area (Å²) in [5.74, 6) is 5.23. The topological polar surface area (TPSA) is 195 Å². The summed E-state index contributed by atoms with van der Waals surface area (Å²) < 4.78 is 4.99. The first-order chi connectivity index (χ1) is 48.9. The lowest BCUT2D eigenvalue weighted by atomic mass is 9.76. The zero-order valence-corrected chi connectivity index (χ0v) is 63.5. The van der Waals surface area contributed by atoms with Gasteiger partial charge in [-0.2, -0.15) is 0 Å². The maximum atomic E-state index is 10.1. The lowest BCUT2D eigenvalue weighted by molar-refractivity contribution is -0.143. The number of aliphatic hydroxyl groups is 3. The quantitative estimate of drug-likeness (QED) is 0.113. The molecule has 0 radical (unpaired) electrons. The Morgan fingerprint density at radius 1 is 0.430 bits per heavy atom. The Morgan fingerprint density at radius 2 is 0.850 bits per heavy atom. The molecule has 0 spiro atoms. The van der Waals surface area contributed by atoms with E-state index >= 15 is 0 Å². The number of ether oxygens (including phenoxy) is 1. The number of carbonyl (C=O) groups excluding carboxylic acids is 1. The summed E-state index contributed by atoms with van der Waals surface area (Å²) in [5.41, 5.74) is 11.6. The van der Waals surface area contributed by atoms with Crippen LogP contribution in [0.25, 0.3) is 0 Å². The smallest absolute Gasteiger partial charge is 0.293 e. The van der Waals surface area contributed by atoms with Gasteiger partial charge < -0.3 is 66.7 Å². The summed E-state index contributed by atoms with van der Waals surface area (Å²) in [6.07, 6.45) is 43.6.